The quantitative estimate of drug-likeness (QED) is 0.613. The Labute approximate surface area is 74.9 Å². The van der Waals surface area contributed by atoms with Crippen molar-refractivity contribution in [1.29, 1.82) is 0 Å². The molecule has 2 atom stereocenters. The minimum Gasteiger partial charge on any atom is -0.393 e. The molecule has 5 nitrogen and oxygen atoms in total. The van der Waals surface area contributed by atoms with E-state index in [1.165, 1.54) is 16.7 Å². The highest BCUT2D eigenvalue weighted by Gasteiger charge is 2.29. The second-order valence-electron chi connectivity index (χ2n) is 2.49. The number of nitrogens with two attached hydrogens (primary N) is 1. The number of carbonyl (C=O) groups excluding carboxylic acids is 1. The Morgan fingerprint density at radius 1 is 1.92 bits per heavy atom. The molecule has 0 unspecified atom stereocenters. The van der Waals surface area contributed by atoms with Gasteiger partial charge >= 0.3 is 6.03 Å². The first-order chi connectivity index (χ1) is 5.65. The Balaban J connectivity index is 2.41. The molecule has 2 amide bonds. The van der Waals surface area contributed by atoms with E-state index in [0.717, 1.165) is 0 Å². The van der Waals surface area contributed by atoms with Crippen molar-refractivity contribution in [3.05, 3.63) is 0 Å². The number of aliphatic hydroxyl groups is 1. The molecule has 0 aromatic heterocycles. The Bertz CT molecular complexity index is 178. The molecule has 12 heavy (non-hydrogen) atoms. The van der Waals surface area contributed by atoms with E-state index >= 15 is 0 Å². The van der Waals surface area contributed by atoms with Crippen LogP contribution in [0.25, 0.3) is 0 Å². The monoisotopic (exact) mass is 192 g/mol. The molecular formula is C6H12N2O3S. The smallest absolute Gasteiger partial charge is 0.316 e. The lowest BCUT2D eigenvalue weighted by atomic mass is 10.5. The zero-order valence-corrected chi connectivity index (χ0v) is 7.58. The molecule has 1 fully saturated rings. The van der Waals surface area contributed by atoms with Gasteiger partial charge in [0, 0.05) is 12.8 Å². The molecule has 1 aliphatic rings. The molecule has 1 saturated heterocycles. The van der Waals surface area contributed by atoms with Crippen molar-refractivity contribution < 1.29 is 14.6 Å². The third-order valence-corrected chi connectivity index (χ3v) is 2.77. The molecule has 70 valence electrons. The van der Waals surface area contributed by atoms with Gasteiger partial charge in [-0.3, -0.25) is 0 Å². The van der Waals surface area contributed by atoms with Gasteiger partial charge in [0.25, 0.3) is 0 Å². The van der Waals surface area contributed by atoms with Crippen molar-refractivity contribution in [2.45, 2.75) is 11.7 Å². The number of carbonyl (C=O) groups is 1. The lowest BCUT2D eigenvalue weighted by Crippen LogP contribution is -2.42. The van der Waals surface area contributed by atoms with Crippen molar-refractivity contribution in [2.75, 3.05) is 19.4 Å². The summed E-state index contributed by atoms with van der Waals surface area (Å²) in [7, 11) is 1.58. The third kappa shape index (κ3) is 2.02. The number of rotatable bonds is 2. The number of aliphatic hydroxyl groups excluding tert-OH is 1. The maximum absolute atomic E-state index is 10.7. The average Bonchev–Trinajstić information content (AvgIpc) is 2.50. The SMILES string of the molecule is CN(C(N)=O)[C@@H]1CS[C@H](CO)O1. The van der Waals surface area contributed by atoms with Gasteiger partial charge in [-0.2, -0.15) is 0 Å². The van der Waals surface area contributed by atoms with Crippen molar-refractivity contribution in [2.24, 2.45) is 5.73 Å². The van der Waals surface area contributed by atoms with Crippen LogP contribution < -0.4 is 5.73 Å². The summed E-state index contributed by atoms with van der Waals surface area (Å²) in [6.45, 7) is -0.0340. The molecule has 0 aromatic rings. The highest BCUT2D eigenvalue weighted by atomic mass is 32.2. The van der Waals surface area contributed by atoms with Crippen LogP contribution in [-0.2, 0) is 4.74 Å². The summed E-state index contributed by atoms with van der Waals surface area (Å²) < 4.78 is 5.27. The number of urea groups is 1. The van der Waals surface area contributed by atoms with Gasteiger partial charge in [-0.1, -0.05) is 0 Å². The first kappa shape index (κ1) is 9.63. The Kier molecular flexibility index (Phi) is 3.19. The molecule has 0 bridgehead atoms. The Morgan fingerprint density at radius 3 is 3.00 bits per heavy atom. The van der Waals surface area contributed by atoms with E-state index in [2.05, 4.69) is 0 Å². The largest absolute Gasteiger partial charge is 0.393 e. The number of thioether (sulfide) groups is 1. The van der Waals surface area contributed by atoms with Crippen LogP contribution >= 0.6 is 11.8 Å². The van der Waals surface area contributed by atoms with Crippen LogP contribution in [0.4, 0.5) is 4.79 Å². The van der Waals surface area contributed by atoms with Crippen LogP contribution in [0, 0.1) is 0 Å². The molecule has 3 N–H and O–H groups in total. The van der Waals surface area contributed by atoms with E-state index in [4.69, 9.17) is 15.6 Å². The molecule has 0 saturated carbocycles. The van der Waals surface area contributed by atoms with Crippen LogP contribution in [0.2, 0.25) is 0 Å². The van der Waals surface area contributed by atoms with Gasteiger partial charge in [-0.25, -0.2) is 4.79 Å². The fourth-order valence-corrected chi connectivity index (χ4v) is 1.88. The average molecular weight is 192 g/mol. The summed E-state index contributed by atoms with van der Waals surface area (Å²) in [6.07, 6.45) is -0.301. The summed E-state index contributed by atoms with van der Waals surface area (Å²) in [5, 5.41) is 8.72. The molecule has 1 aliphatic heterocycles. The second kappa shape index (κ2) is 3.97. The number of amides is 2. The van der Waals surface area contributed by atoms with Gasteiger partial charge in [0.1, 0.15) is 11.7 Å². The summed E-state index contributed by atoms with van der Waals surface area (Å²) in [4.78, 5) is 12.0. The maximum Gasteiger partial charge on any atom is 0.316 e. The standard InChI is InChI=1S/C6H12N2O3S/c1-8(6(7)10)4-3-12-5(2-9)11-4/h4-5,9H,2-3H2,1H3,(H2,7,10)/t4-,5+/m0/s1. The lowest BCUT2D eigenvalue weighted by molar-refractivity contribution is -0.0264. The highest BCUT2D eigenvalue weighted by molar-refractivity contribution is 8.00. The minimum atomic E-state index is -0.515. The molecule has 1 rings (SSSR count). The topological polar surface area (TPSA) is 75.8 Å². The van der Waals surface area contributed by atoms with Crippen LogP contribution in [0.15, 0.2) is 0 Å². The second-order valence-corrected chi connectivity index (χ2v) is 3.68. The van der Waals surface area contributed by atoms with Gasteiger partial charge < -0.3 is 20.5 Å². The van der Waals surface area contributed by atoms with Gasteiger partial charge in [0.05, 0.1) is 6.61 Å². The number of primary amides is 1. The normalized spacial score (nSPS) is 28.8. The molecule has 0 aromatic carbocycles. The number of ether oxygens (including phenoxy) is 1. The van der Waals surface area contributed by atoms with Gasteiger partial charge in [0.2, 0.25) is 0 Å². The van der Waals surface area contributed by atoms with Crippen molar-refractivity contribution in [3.63, 3.8) is 0 Å². The predicted molar refractivity (Wildman–Crippen MR) is 45.6 cm³/mol. The summed E-state index contributed by atoms with van der Waals surface area (Å²) >= 11 is 1.47. The van der Waals surface area contributed by atoms with Crippen LogP contribution in [0.1, 0.15) is 0 Å². The fourth-order valence-electron chi connectivity index (χ4n) is 0.884. The molecule has 0 radical (unpaired) electrons. The molecule has 0 spiro atoms. The number of nitrogens with zero attached hydrogens (tertiary/aromatic N) is 1. The Morgan fingerprint density at radius 2 is 2.58 bits per heavy atom. The van der Waals surface area contributed by atoms with Crippen molar-refractivity contribution >= 4 is 17.8 Å². The van der Waals surface area contributed by atoms with Gasteiger partial charge in [-0.05, 0) is 0 Å². The minimum absolute atomic E-state index is 0.0340. The van der Waals surface area contributed by atoms with Crippen molar-refractivity contribution in [1.82, 2.24) is 4.90 Å². The van der Waals surface area contributed by atoms with E-state index in [9.17, 15) is 4.79 Å². The van der Waals surface area contributed by atoms with E-state index in [1.807, 2.05) is 0 Å². The third-order valence-electron chi connectivity index (χ3n) is 1.66. The summed E-state index contributed by atoms with van der Waals surface area (Å²) in [6, 6.07) is -0.515. The zero-order valence-electron chi connectivity index (χ0n) is 6.77. The highest BCUT2D eigenvalue weighted by Crippen LogP contribution is 2.25. The molecule has 6 heteroatoms. The summed E-state index contributed by atoms with van der Waals surface area (Å²) in [5.41, 5.74) is 4.81. The number of hydrogen-bond donors (Lipinski definition) is 2. The Hall–Kier alpha value is -0.460. The van der Waals surface area contributed by atoms with E-state index in [0.29, 0.717) is 5.75 Å². The predicted octanol–water partition coefficient (Wildman–Crippen LogP) is -0.595. The molecule has 1 heterocycles. The maximum atomic E-state index is 10.7. The van der Waals surface area contributed by atoms with Gasteiger partial charge in [-0.15, -0.1) is 11.8 Å². The fraction of sp³-hybridized carbons (Fsp3) is 0.833. The first-order valence-electron chi connectivity index (χ1n) is 3.55. The van der Waals surface area contributed by atoms with Crippen LogP contribution in [0.3, 0.4) is 0 Å². The molecule has 0 aliphatic carbocycles. The number of hydrogen-bond acceptors (Lipinski definition) is 4. The van der Waals surface area contributed by atoms with Crippen molar-refractivity contribution in [3.8, 4) is 0 Å². The summed E-state index contributed by atoms with van der Waals surface area (Å²) in [5.74, 6) is 0.657. The van der Waals surface area contributed by atoms with Crippen LogP contribution in [0.5, 0.6) is 0 Å². The van der Waals surface area contributed by atoms with E-state index in [-0.39, 0.29) is 18.3 Å². The van der Waals surface area contributed by atoms with E-state index in [1.54, 1.807) is 7.05 Å². The lowest BCUT2D eigenvalue weighted by Gasteiger charge is -2.21. The van der Waals surface area contributed by atoms with Crippen LogP contribution in [-0.4, -0.2) is 47.1 Å². The first-order valence-corrected chi connectivity index (χ1v) is 4.60. The zero-order chi connectivity index (χ0) is 9.14. The molecular weight excluding hydrogens is 180 g/mol. The van der Waals surface area contributed by atoms with E-state index < -0.39 is 6.03 Å². The van der Waals surface area contributed by atoms with Gasteiger partial charge in [0.15, 0.2) is 0 Å².